The number of rotatable bonds is 3. The molecule has 23 heavy (non-hydrogen) atoms. The van der Waals surface area contributed by atoms with E-state index < -0.39 is 0 Å². The summed E-state index contributed by atoms with van der Waals surface area (Å²) in [6.07, 6.45) is 6.92. The van der Waals surface area contributed by atoms with E-state index in [0.717, 1.165) is 31.2 Å². The van der Waals surface area contributed by atoms with Crippen molar-refractivity contribution in [2.45, 2.75) is 51.0 Å². The second-order valence-corrected chi connectivity index (χ2v) is 6.96. The molecule has 2 amide bonds. The number of benzene rings is 1. The number of hydrogen-bond donors (Lipinski definition) is 0. The molecule has 4 heteroatoms. The maximum atomic E-state index is 12.7. The Hall–Kier alpha value is -1.84. The number of amides is 2. The lowest BCUT2D eigenvalue weighted by Crippen LogP contribution is -2.46. The van der Waals surface area contributed by atoms with Crippen molar-refractivity contribution in [3.8, 4) is 0 Å². The molecule has 1 aliphatic heterocycles. The van der Waals surface area contributed by atoms with Crippen LogP contribution in [0.15, 0.2) is 18.2 Å². The quantitative estimate of drug-likeness (QED) is 0.858. The number of carbonyl (C=O) groups is 2. The lowest BCUT2D eigenvalue weighted by molar-refractivity contribution is -0.141. The van der Waals surface area contributed by atoms with Crippen molar-refractivity contribution in [2.24, 2.45) is 0 Å². The zero-order chi connectivity index (χ0) is 16.4. The first-order valence-electron chi connectivity index (χ1n) is 8.67. The normalized spacial score (nSPS) is 20.3. The van der Waals surface area contributed by atoms with Crippen LogP contribution in [-0.4, -0.2) is 48.3 Å². The third-order valence-corrected chi connectivity index (χ3v) is 5.07. The van der Waals surface area contributed by atoms with Gasteiger partial charge >= 0.3 is 0 Å². The average Bonchev–Trinajstić information content (AvgIpc) is 3.03. The molecule has 124 valence electrons. The first-order valence-corrected chi connectivity index (χ1v) is 8.67. The van der Waals surface area contributed by atoms with E-state index in [4.69, 9.17) is 0 Å². The van der Waals surface area contributed by atoms with Gasteiger partial charge in [0, 0.05) is 20.6 Å². The minimum absolute atomic E-state index is 0.0429. The Kier molecular flexibility index (Phi) is 4.69. The summed E-state index contributed by atoms with van der Waals surface area (Å²) in [5.41, 5.74) is 3.93. The van der Waals surface area contributed by atoms with E-state index in [1.165, 1.54) is 24.0 Å². The first kappa shape index (κ1) is 16.0. The van der Waals surface area contributed by atoms with Gasteiger partial charge in [-0.3, -0.25) is 9.59 Å². The zero-order valence-electron chi connectivity index (χ0n) is 14.2. The molecule has 3 rings (SSSR count). The fraction of sp³-hybridized carbons (Fsp3) is 0.579. The molecule has 0 N–H and O–H groups in total. The van der Waals surface area contributed by atoms with Gasteiger partial charge in [0.2, 0.25) is 11.8 Å². The smallest absolute Gasteiger partial charge is 0.244 e. The molecule has 0 aromatic heterocycles. The van der Waals surface area contributed by atoms with E-state index in [-0.39, 0.29) is 17.9 Å². The molecule has 1 aromatic carbocycles. The van der Waals surface area contributed by atoms with Crippen LogP contribution in [-0.2, 0) is 28.9 Å². The third kappa shape index (κ3) is 3.41. The molecule has 0 bridgehead atoms. The van der Waals surface area contributed by atoms with Crippen molar-refractivity contribution in [1.82, 2.24) is 9.80 Å². The number of nitrogens with zero attached hydrogens (tertiary/aromatic N) is 2. The third-order valence-electron chi connectivity index (χ3n) is 5.07. The summed E-state index contributed by atoms with van der Waals surface area (Å²) >= 11 is 0. The van der Waals surface area contributed by atoms with E-state index >= 15 is 0 Å². The van der Waals surface area contributed by atoms with Crippen molar-refractivity contribution in [3.05, 3.63) is 34.9 Å². The van der Waals surface area contributed by atoms with Gasteiger partial charge in [-0.1, -0.05) is 18.2 Å². The summed E-state index contributed by atoms with van der Waals surface area (Å²) in [4.78, 5) is 28.3. The highest BCUT2D eigenvalue weighted by Gasteiger charge is 2.34. The summed E-state index contributed by atoms with van der Waals surface area (Å²) in [6.45, 7) is 0.702. The highest BCUT2D eigenvalue weighted by Crippen LogP contribution is 2.24. The summed E-state index contributed by atoms with van der Waals surface area (Å²) in [5.74, 6) is 0.125. The monoisotopic (exact) mass is 314 g/mol. The largest absolute Gasteiger partial charge is 0.347 e. The molecule has 2 aliphatic rings. The molecular weight excluding hydrogens is 288 g/mol. The van der Waals surface area contributed by atoms with Crippen molar-refractivity contribution < 1.29 is 9.59 Å². The first-order chi connectivity index (χ1) is 11.1. The molecule has 1 aromatic rings. The maximum absolute atomic E-state index is 12.7. The topological polar surface area (TPSA) is 40.6 Å². The van der Waals surface area contributed by atoms with Crippen molar-refractivity contribution in [2.75, 3.05) is 20.6 Å². The van der Waals surface area contributed by atoms with E-state index in [1.54, 1.807) is 23.9 Å². The lowest BCUT2D eigenvalue weighted by Gasteiger charge is -2.26. The number of likely N-dealkylation sites (N-methyl/N-ethyl adjacent to an activating group) is 1. The molecule has 0 saturated carbocycles. The van der Waals surface area contributed by atoms with Crippen LogP contribution in [0.5, 0.6) is 0 Å². The molecular formula is C19H26N2O2. The van der Waals surface area contributed by atoms with Gasteiger partial charge in [-0.25, -0.2) is 0 Å². The van der Waals surface area contributed by atoms with Gasteiger partial charge in [0.05, 0.1) is 6.42 Å². The molecule has 1 saturated heterocycles. The Morgan fingerprint density at radius 1 is 1.13 bits per heavy atom. The van der Waals surface area contributed by atoms with Gasteiger partial charge in [0.25, 0.3) is 0 Å². The zero-order valence-corrected chi connectivity index (χ0v) is 14.2. The van der Waals surface area contributed by atoms with Crippen LogP contribution >= 0.6 is 0 Å². The Balaban J connectivity index is 1.70. The number of fused-ring (bicyclic) bond motifs is 1. The molecule has 1 heterocycles. The fourth-order valence-corrected chi connectivity index (χ4v) is 3.79. The number of aryl methyl sites for hydroxylation is 2. The highest BCUT2D eigenvalue weighted by molar-refractivity contribution is 5.88. The summed E-state index contributed by atoms with van der Waals surface area (Å²) in [7, 11) is 3.51. The van der Waals surface area contributed by atoms with Crippen LogP contribution in [0.1, 0.15) is 42.4 Å². The molecule has 0 radical (unpaired) electrons. The SMILES string of the molecule is CN(C)C(=O)C1CCCN1C(=O)Cc1ccc2c(c1)CCCC2. The van der Waals surface area contributed by atoms with Gasteiger partial charge in [0.15, 0.2) is 0 Å². The van der Waals surface area contributed by atoms with Crippen LogP contribution in [0.3, 0.4) is 0 Å². The van der Waals surface area contributed by atoms with Gasteiger partial charge in [-0.2, -0.15) is 0 Å². The van der Waals surface area contributed by atoms with Crippen molar-refractivity contribution in [3.63, 3.8) is 0 Å². The molecule has 1 atom stereocenters. The molecule has 1 aliphatic carbocycles. The summed E-state index contributed by atoms with van der Waals surface area (Å²) in [6, 6.07) is 6.20. The van der Waals surface area contributed by atoms with E-state index in [2.05, 4.69) is 18.2 Å². The Bertz CT molecular complexity index is 609. The second kappa shape index (κ2) is 6.73. The fourth-order valence-electron chi connectivity index (χ4n) is 3.79. The Labute approximate surface area is 138 Å². The number of hydrogen-bond acceptors (Lipinski definition) is 2. The second-order valence-electron chi connectivity index (χ2n) is 6.96. The van der Waals surface area contributed by atoms with Gasteiger partial charge < -0.3 is 9.80 Å². The number of likely N-dealkylation sites (tertiary alicyclic amines) is 1. The minimum Gasteiger partial charge on any atom is -0.347 e. The Morgan fingerprint density at radius 3 is 2.61 bits per heavy atom. The van der Waals surface area contributed by atoms with E-state index in [9.17, 15) is 9.59 Å². The average molecular weight is 314 g/mol. The van der Waals surface area contributed by atoms with Crippen molar-refractivity contribution >= 4 is 11.8 Å². The van der Waals surface area contributed by atoms with Crippen LogP contribution in [0.4, 0.5) is 0 Å². The van der Waals surface area contributed by atoms with Crippen molar-refractivity contribution in [1.29, 1.82) is 0 Å². The van der Waals surface area contributed by atoms with Crippen LogP contribution < -0.4 is 0 Å². The standard InChI is InChI=1S/C19H26N2O2/c1-20(2)19(23)17-8-5-11-21(17)18(22)13-14-9-10-15-6-3-4-7-16(15)12-14/h9-10,12,17H,3-8,11,13H2,1-2H3. The predicted molar refractivity (Wildman–Crippen MR) is 90.2 cm³/mol. The van der Waals surface area contributed by atoms with E-state index in [0.29, 0.717) is 13.0 Å². The molecule has 1 fully saturated rings. The van der Waals surface area contributed by atoms with Gasteiger partial charge in [-0.15, -0.1) is 0 Å². The van der Waals surface area contributed by atoms with Crippen LogP contribution in [0.2, 0.25) is 0 Å². The highest BCUT2D eigenvalue weighted by atomic mass is 16.2. The molecule has 0 spiro atoms. The minimum atomic E-state index is -0.268. The maximum Gasteiger partial charge on any atom is 0.244 e. The van der Waals surface area contributed by atoms with Crippen LogP contribution in [0, 0.1) is 0 Å². The van der Waals surface area contributed by atoms with E-state index in [1.807, 2.05) is 0 Å². The summed E-state index contributed by atoms with van der Waals surface area (Å²) in [5, 5.41) is 0. The lowest BCUT2D eigenvalue weighted by atomic mass is 9.90. The predicted octanol–water partition coefficient (Wildman–Crippen LogP) is 2.19. The molecule has 4 nitrogen and oxygen atoms in total. The van der Waals surface area contributed by atoms with Gasteiger partial charge in [-0.05, 0) is 55.2 Å². The Morgan fingerprint density at radius 2 is 1.87 bits per heavy atom. The number of carbonyl (C=O) groups excluding carboxylic acids is 2. The molecule has 1 unspecified atom stereocenters. The van der Waals surface area contributed by atoms with Crippen LogP contribution in [0.25, 0.3) is 0 Å². The summed E-state index contributed by atoms with van der Waals surface area (Å²) < 4.78 is 0. The van der Waals surface area contributed by atoms with Gasteiger partial charge in [0.1, 0.15) is 6.04 Å².